The lowest BCUT2D eigenvalue weighted by Gasteiger charge is -2.40. The molecule has 3 heterocycles. The maximum Gasteiger partial charge on any atom is 0.695 e. The number of rotatable bonds is 8. The van der Waals surface area contributed by atoms with Crippen LogP contribution in [-0.4, -0.2) is 68.7 Å². The molecule has 37 heavy (non-hydrogen) atoms. The summed E-state index contributed by atoms with van der Waals surface area (Å²) < 4.78 is 31.3. The maximum absolute atomic E-state index is 12.7. The summed E-state index contributed by atoms with van der Waals surface area (Å²) in [6.45, 7) is 9.82. The molecular formula is C23H31N5O7PSi+. The Morgan fingerprint density at radius 1 is 1.19 bits per heavy atom. The summed E-state index contributed by atoms with van der Waals surface area (Å²) in [5, 5.41) is 12.6. The summed E-state index contributed by atoms with van der Waals surface area (Å²) >= 11 is 0. The van der Waals surface area contributed by atoms with Crippen molar-refractivity contribution in [2.24, 2.45) is 0 Å². The fraction of sp³-hybridized carbons (Fsp3) is 0.478. The van der Waals surface area contributed by atoms with Crippen molar-refractivity contribution in [3.8, 4) is 0 Å². The Labute approximate surface area is 216 Å². The molecule has 2 unspecified atom stereocenters. The zero-order chi connectivity index (χ0) is 27.0. The average Bonchev–Trinajstić information content (AvgIpc) is 3.40. The minimum absolute atomic E-state index is 0.186. The number of anilines is 1. The number of imidazole rings is 1. The second-order valence-electron chi connectivity index (χ2n) is 10.3. The quantitative estimate of drug-likeness (QED) is 0.281. The standard InChI is InChI=1S/C23H30N5O7PSi/c1-23(2,3)37(4,5)35-18-17(34-36(31)32)15(11-29)33-22(18)28-13-26-16-19(24-12-25-20(16)28)27-21(30)14-9-7-6-8-10-14/h6-10,12-13,15,17-18,22,29H,11H2,1-5H3,(H-,24,25,27,30,31,32)/p+1/t15-,17+,18?,22-/m1/s1. The fourth-order valence-electron chi connectivity index (χ4n) is 3.85. The SMILES string of the molecule is CC(C)(C)[Si](C)(C)OC1[C@@H](O[P+](=O)O)[C@@H](CO)O[C@H]1n1cnc2c(NC(=O)c3ccccc3)ncnc21. The van der Waals surface area contributed by atoms with Gasteiger partial charge in [0.1, 0.15) is 18.5 Å². The van der Waals surface area contributed by atoms with Gasteiger partial charge >= 0.3 is 8.25 Å². The smallest absolute Gasteiger partial charge is 0.406 e. The lowest BCUT2D eigenvalue weighted by Crippen LogP contribution is -2.49. The van der Waals surface area contributed by atoms with Gasteiger partial charge < -0.3 is 19.6 Å². The highest BCUT2D eigenvalue weighted by Crippen LogP contribution is 2.44. The van der Waals surface area contributed by atoms with Crippen molar-refractivity contribution in [3.63, 3.8) is 0 Å². The first-order valence-corrected chi connectivity index (χ1v) is 15.8. The number of hydrogen-bond acceptors (Lipinski definition) is 9. The summed E-state index contributed by atoms with van der Waals surface area (Å²) in [5.41, 5.74) is 1.12. The van der Waals surface area contributed by atoms with E-state index in [9.17, 15) is 19.4 Å². The number of aromatic nitrogens is 4. The van der Waals surface area contributed by atoms with Crippen molar-refractivity contribution < 1.29 is 33.0 Å². The van der Waals surface area contributed by atoms with Crippen LogP contribution < -0.4 is 5.32 Å². The maximum atomic E-state index is 12.7. The summed E-state index contributed by atoms with van der Waals surface area (Å²) in [7, 11) is -5.43. The largest absolute Gasteiger partial charge is 0.695 e. The molecule has 1 fully saturated rings. The fourth-order valence-corrected chi connectivity index (χ4v) is 5.60. The normalized spacial score (nSPS) is 22.8. The minimum atomic E-state index is -2.99. The molecule has 3 aromatic rings. The molecular weight excluding hydrogens is 517 g/mol. The number of aliphatic hydroxyl groups excluding tert-OH is 1. The van der Waals surface area contributed by atoms with E-state index >= 15 is 0 Å². The molecule has 198 valence electrons. The van der Waals surface area contributed by atoms with Crippen LogP contribution >= 0.6 is 8.25 Å². The summed E-state index contributed by atoms with van der Waals surface area (Å²) in [6.07, 6.45) is -0.915. The van der Waals surface area contributed by atoms with Crippen LogP contribution in [0.3, 0.4) is 0 Å². The number of ether oxygens (including phenoxy) is 1. The van der Waals surface area contributed by atoms with E-state index < -0.39 is 47.7 Å². The molecule has 0 spiro atoms. The van der Waals surface area contributed by atoms with Crippen LogP contribution in [0.15, 0.2) is 43.0 Å². The van der Waals surface area contributed by atoms with Gasteiger partial charge in [-0.05, 0) is 30.3 Å². The molecule has 5 atom stereocenters. The molecule has 4 rings (SSSR count). The summed E-state index contributed by atoms with van der Waals surface area (Å²) in [4.78, 5) is 35.2. The van der Waals surface area contributed by atoms with Gasteiger partial charge in [-0.3, -0.25) is 9.36 Å². The molecule has 1 aromatic carbocycles. The van der Waals surface area contributed by atoms with Gasteiger partial charge in [0, 0.05) is 10.1 Å². The lowest BCUT2D eigenvalue weighted by atomic mass is 10.1. The molecule has 0 bridgehead atoms. The van der Waals surface area contributed by atoms with Crippen molar-refractivity contribution in [3.05, 3.63) is 48.5 Å². The van der Waals surface area contributed by atoms with Gasteiger partial charge in [-0.1, -0.05) is 39.0 Å². The average molecular weight is 549 g/mol. The van der Waals surface area contributed by atoms with Gasteiger partial charge in [-0.2, -0.15) is 0 Å². The lowest BCUT2D eigenvalue weighted by molar-refractivity contribution is -0.0487. The Hall–Kier alpha value is -2.64. The Morgan fingerprint density at radius 3 is 2.51 bits per heavy atom. The van der Waals surface area contributed by atoms with Gasteiger partial charge in [0.2, 0.25) is 0 Å². The minimum Gasteiger partial charge on any atom is -0.406 e. The van der Waals surface area contributed by atoms with E-state index in [-0.39, 0.29) is 16.8 Å². The number of carbonyl (C=O) groups excluding carboxylic acids is 1. The molecule has 0 radical (unpaired) electrons. The molecule has 1 aliphatic rings. The Kier molecular flexibility index (Phi) is 7.86. The number of hydrogen-bond donors (Lipinski definition) is 3. The van der Waals surface area contributed by atoms with Crippen LogP contribution in [0.4, 0.5) is 5.82 Å². The Morgan fingerprint density at radius 2 is 1.89 bits per heavy atom. The Balaban J connectivity index is 1.72. The molecule has 0 aliphatic carbocycles. The molecule has 1 aliphatic heterocycles. The second kappa shape index (κ2) is 10.6. The van der Waals surface area contributed by atoms with Crippen molar-refractivity contribution in [1.29, 1.82) is 0 Å². The summed E-state index contributed by atoms with van der Waals surface area (Å²) in [5.74, 6) is -0.144. The zero-order valence-electron chi connectivity index (χ0n) is 21.2. The van der Waals surface area contributed by atoms with Crippen LogP contribution in [0.25, 0.3) is 11.2 Å². The summed E-state index contributed by atoms with van der Waals surface area (Å²) in [6, 6.07) is 8.70. The molecule has 2 aromatic heterocycles. The molecule has 1 amide bonds. The predicted octanol–water partition coefficient (Wildman–Crippen LogP) is 3.39. The van der Waals surface area contributed by atoms with E-state index in [1.54, 1.807) is 28.8 Å². The van der Waals surface area contributed by atoms with E-state index in [1.165, 1.54) is 12.7 Å². The van der Waals surface area contributed by atoms with Crippen LogP contribution in [0, 0.1) is 0 Å². The highest BCUT2D eigenvalue weighted by atomic mass is 31.1. The molecule has 0 saturated carbocycles. The van der Waals surface area contributed by atoms with Crippen molar-refractivity contribution in [2.75, 3.05) is 11.9 Å². The number of nitrogens with zero attached hydrogens (tertiary/aromatic N) is 4. The van der Waals surface area contributed by atoms with E-state index in [0.29, 0.717) is 16.7 Å². The van der Waals surface area contributed by atoms with Crippen molar-refractivity contribution in [2.45, 2.75) is 63.4 Å². The third-order valence-electron chi connectivity index (χ3n) is 6.82. The van der Waals surface area contributed by atoms with Crippen LogP contribution in [0.1, 0.15) is 37.4 Å². The molecule has 1 saturated heterocycles. The zero-order valence-corrected chi connectivity index (χ0v) is 23.1. The van der Waals surface area contributed by atoms with Gasteiger partial charge in [0.15, 0.2) is 37.6 Å². The monoisotopic (exact) mass is 548 g/mol. The van der Waals surface area contributed by atoms with E-state index in [2.05, 4.69) is 41.0 Å². The van der Waals surface area contributed by atoms with Crippen LogP contribution in [0.5, 0.6) is 0 Å². The second-order valence-corrected chi connectivity index (χ2v) is 15.7. The first-order valence-electron chi connectivity index (χ1n) is 11.7. The molecule has 12 nitrogen and oxygen atoms in total. The third kappa shape index (κ3) is 5.63. The van der Waals surface area contributed by atoms with Gasteiger partial charge in [-0.15, -0.1) is 9.42 Å². The Bertz CT molecular complexity index is 1280. The number of amides is 1. The number of aliphatic hydroxyl groups is 1. The number of benzene rings is 1. The number of carbonyl (C=O) groups is 1. The van der Waals surface area contributed by atoms with Crippen molar-refractivity contribution in [1.82, 2.24) is 19.5 Å². The van der Waals surface area contributed by atoms with Crippen molar-refractivity contribution >= 4 is 39.5 Å². The highest BCUT2D eigenvalue weighted by Gasteiger charge is 2.54. The number of fused-ring (bicyclic) bond motifs is 1. The van der Waals surface area contributed by atoms with E-state index in [0.717, 1.165) is 0 Å². The van der Waals surface area contributed by atoms with Crippen LogP contribution in [-0.2, 0) is 18.3 Å². The first-order chi connectivity index (χ1) is 17.4. The number of nitrogens with one attached hydrogen (secondary N) is 1. The van der Waals surface area contributed by atoms with E-state index in [4.69, 9.17) is 13.7 Å². The van der Waals surface area contributed by atoms with Gasteiger partial charge in [-0.25, -0.2) is 15.0 Å². The molecule has 14 heteroatoms. The topological polar surface area (TPSA) is 158 Å². The predicted molar refractivity (Wildman–Crippen MR) is 137 cm³/mol. The van der Waals surface area contributed by atoms with E-state index in [1.807, 2.05) is 19.2 Å². The molecule has 3 N–H and O–H groups in total. The first kappa shape index (κ1) is 27.4. The van der Waals surface area contributed by atoms with Gasteiger partial charge in [0.05, 0.1) is 12.9 Å². The van der Waals surface area contributed by atoms with Gasteiger partial charge in [0.25, 0.3) is 5.91 Å². The van der Waals surface area contributed by atoms with Crippen LogP contribution in [0.2, 0.25) is 18.1 Å². The highest BCUT2D eigenvalue weighted by molar-refractivity contribution is 7.32. The third-order valence-corrected chi connectivity index (χ3v) is 11.7.